The Balaban J connectivity index is 0.00000192. The number of hydrogen-bond donors (Lipinski definition) is 1. The molecule has 1 N–H and O–H groups in total. The Morgan fingerprint density at radius 1 is 1.04 bits per heavy atom. The molecule has 28 heavy (non-hydrogen) atoms. The van der Waals surface area contributed by atoms with E-state index in [0.717, 1.165) is 61.4 Å². The quantitative estimate of drug-likeness (QED) is 0.728. The minimum atomic E-state index is 0. The minimum absolute atomic E-state index is 0. The maximum Gasteiger partial charge on any atom is 0.326 e. The third kappa shape index (κ3) is 3.50. The molecule has 0 unspecified atom stereocenters. The number of aromatic nitrogens is 2. The molecule has 0 spiro atoms. The van der Waals surface area contributed by atoms with Crippen LogP contribution in [0.2, 0.25) is 0 Å². The average molecular weight is 402 g/mol. The molecule has 2 aromatic carbocycles. The van der Waals surface area contributed by atoms with Gasteiger partial charge in [-0.25, -0.2) is 4.79 Å². The number of hydrogen-bond acceptors (Lipinski definition) is 4. The SMILES string of the molecule is Cl.O=c1[nH]c2ccccc2n1C1CCN(CCc2ccc3c(c2)OCO3)CC1. The molecule has 0 radical (unpaired) electrons. The number of nitrogens with zero attached hydrogens (tertiary/aromatic N) is 2. The molecule has 5 rings (SSSR count). The van der Waals surface area contributed by atoms with Crippen LogP contribution in [-0.4, -0.2) is 40.9 Å². The highest BCUT2D eigenvalue weighted by molar-refractivity contribution is 5.85. The fourth-order valence-electron chi connectivity index (χ4n) is 4.22. The summed E-state index contributed by atoms with van der Waals surface area (Å²) in [5, 5.41) is 0. The Kier molecular flexibility index (Phi) is 5.33. The number of nitrogens with one attached hydrogen (secondary N) is 1. The van der Waals surface area contributed by atoms with Gasteiger partial charge in [-0.3, -0.25) is 4.57 Å². The van der Waals surface area contributed by atoms with Crippen LogP contribution in [0, 0.1) is 0 Å². The summed E-state index contributed by atoms with van der Waals surface area (Å²) in [5.41, 5.74) is 3.22. The molecule has 2 aliphatic rings. The molecule has 1 saturated heterocycles. The summed E-state index contributed by atoms with van der Waals surface area (Å²) >= 11 is 0. The molecular weight excluding hydrogens is 378 g/mol. The van der Waals surface area contributed by atoms with Gasteiger partial charge < -0.3 is 19.4 Å². The highest BCUT2D eigenvalue weighted by atomic mass is 35.5. The lowest BCUT2D eigenvalue weighted by molar-refractivity contribution is 0.174. The zero-order valence-electron chi connectivity index (χ0n) is 15.6. The molecule has 3 aromatic rings. The standard InChI is InChI=1S/C21H23N3O3.ClH/c25-21-22-17-3-1-2-4-18(17)24(21)16-8-11-23(12-9-16)10-7-15-5-6-19-20(13-15)27-14-26-19;/h1-6,13,16H,7-12,14H2,(H,22,25);1H. The summed E-state index contributed by atoms with van der Waals surface area (Å²) in [6.07, 6.45) is 3.00. The zero-order chi connectivity index (χ0) is 18.2. The van der Waals surface area contributed by atoms with Gasteiger partial charge in [-0.15, -0.1) is 12.4 Å². The fraction of sp³-hybridized carbons (Fsp3) is 0.381. The summed E-state index contributed by atoms with van der Waals surface area (Å²) in [6.45, 7) is 3.37. The van der Waals surface area contributed by atoms with Gasteiger partial charge in [-0.2, -0.15) is 0 Å². The number of halogens is 1. The second-order valence-corrected chi connectivity index (χ2v) is 7.33. The molecule has 3 heterocycles. The van der Waals surface area contributed by atoms with Crippen molar-refractivity contribution in [1.29, 1.82) is 0 Å². The average Bonchev–Trinajstić information content (AvgIpc) is 3.29. The Bertz CT molecular complexity index is 1020. The third-order valence-corrected chi connectivity index (χ3v) is 5.70. The van der Waals surface area contributed by atoms with Crippen molar-refractivity contribution < 1.29 is 9.47 Å². The van der Waals surface area contributed by atoms with Gasteiger partial charge in [-0.1, -0.05) is 18.2 Å². The molecule has 0 aliphatic carbocycles. The second-order valence-electron chi connectivity index (χ2n) is 7.33. The highest BCUT2D eigenvalue weighted by Crippen LogP contribution is 2.32. The number of aromatic amines is 1. The molecular formula is C21H24ClN3O3. The zero-order valence-corrected chi connectivity index (χ0v) is 16.4. The number of rotatable bonds is 4. The van der Waals surface area contributed by atoms with Crippen LogP contribution in [0.4, 0.5) is 0 Å². The van der Waals surface area contributed by atoms with Crippen molar-refractivity contribution in [1.82, 2.24) is 14.5 Å². The molecule has 1 aromatic heterocycles. The molecule has 7 heteroatoms. The van der Waals surface area contributed by atoms with Crippen molar-refractivity contribution in [3.05, 3.63) is 58.5 Å². The van der Waals surface area contributed by atoms with Crippen LogP contribution < -0.4 is 15.2 Å². The van der Waals surface area contributed by atoms with Gasteiger partial charge in [0, 0.05) is 25.7 Å². The van der Waals surface area contributed by atoms with Crippen LogP contribution in [-0.2, 0) is 6.42 Å². The van der Waals surface area contributed by atoms with Gasteiger partial charge in [0.2, 0.25) is 6.79 Å². The van der Waals surface area contributed by atoms with Gasteiger partial charge in [0.1, 0.15) is 0 Å². The monoisotopic (exact) mass is 401 g/mol. The van der Waals surface area contributed by atoms with E-state index in [1.807, 2.05) is 34.9 Å². The predicted molar refractivity (Wildman–Crippen MR) is 111 cm³/mol. The number of imidazole rings is 1. The van der Waals surface area contributed by atoms with Crippen LogP contribution in [0.5, 0.6) is 11.5 Å². The smallest absolute Gasteiger partial charge is 0.326 e. The van der Waals surface area contributed by atoms with Gasteiger partial charge in [-0.05, 0) is 49.1 Å². The number of likely N-dealkylation sites (tertiary alicyclic amines) is 1. The number of ether oxygens (including phenoxy) is 2. The Morgan fingerprint density at radius 3 is 2.68 bits per heavy atom. The van der Waals surface area contributed by atoms with E-state index >= 15 is 0 Å². The maximum atomic E-state index is 12.4. The summed E-state index contributed by atoms with van der Waals surface area (Å²) in [6, 6.07) is 14.4. The first-order valence-electron chi connectivity index (χ1n) is 9.58. The molecule has 2 aliphatic heterocycles. The number of H-pyrrole nitrogens is 1. The van der Waals surface area contributed by atoms with E-state index in [-0.39, 0.29) is 24.1 Å². The van der Waals surface area contributed by atoms with Crippen molar-refractivity contribution >= 4 is 23.4 Å². The molecule has 1 fully saturated rings. The Hall–Kier alpha value is -2.44. The van der Waals surface area contributed by atoms with Crippen LogP contribution in [0.1, 0.15) is 24.4 Å². The van der Waals surface area contributed by atoms with Crippen molar-refractivity contribution in [3.8, 4) is 11.5 Å². The van der Waals surface area contributed by atoms with E-state index < -0.39 is 0 Å². The predicted octanol–water partition coefficient (Wildman–Crippen LogP) is 3.36. The first kappa shape index (κ1) is 18.9. The van der Waals surface area contributed by atoms with Crippen LogP contribution in [0.25, 0.3) is 11.0 Å². The second kappa shape index (κ2) is 7.89. The van der Waals surface area contributed by atoms with E-state index in [0.29, 0.717) is 6.79 Å². The fourth-order valence-corrected chi connectivity index (χ4v) is 4.22. The van der Waals surface area contributed by atoms with Gasteiger partial charge in [0.15, 0.2) is 11.5 Å². The molecule has 0 amide bonds. The summed E-state index contributed by atoms with van der Waals surface area (Å²) in [4.78, 5) is 17.9. The lowest BCUT2D eigenvalue weighted by Gasteiger charge is -2.32. The molecule has 148 valence electrons. The van der Waals surface area contributed by atoms with Crippen LogP contribution in [0.3, 0.4) is 0 Å². The van der Waals surface area contributed by atoms with E-state index in [2.05, 4.69) is 22.0 Å². The van der Waals surface area contributed by atoms with Crippen molar-refractivity contribution in [2.75, 3.05) is 26.4 Å². The van der Waals surface area contributed by atoms with Gasteiger partial charge in [0.25, 0.3) is 0 Å². The van der Waals surface area contributed by atoms with Crippen LogP contribution >= 0.6 is 12.4 Å². The molecule has 6 nitrogen and oxygen atoms in total. The normalized spacial score (nSPS) is 17.0. The van der Waals surface area contributed by atoms with Gasteiger partial charge >= 0.3 is 5.69 Å². The van der Waals surface area contributed by atoms with Crippen molar-refractivity contribution in [2.24, 2.45) is 0 Å². The largest absolute Gasteiger partial charge is 0.454 e. The van der Waals surface area contributed by atoms with Crippen LogP contribution in [0.15, 0.2) is 47.3 Å². The number of benzene rings is 2. The lowest BCUT2D eigenvalue weighted by atomic mass is 10.0. The van der Waals surface area contributed by atoms with E-state index in [4.69, 9.17) is 9.47 Å². The molecule has 0 bridgehead atoms. The van der Waals surface area contributed by atoms with E-state index in [1.54, 1.807) is 0 Å². The van der Waals surface area contributed by atoms with Crippen molar-refractivity contribution in [3.63, 3.8) is 0 Å². The van der Waals surface area contributed by atoms with E-state index in [1.165, 1.54) is 5.56 Å². The summed E-state index contributed by atoms with van der Waals surface area (Å²) in [5.74, 6) is 1.69. The lowest BCUT2D eigenvalue weighted by Crippen LogP contribution is -2.37. The molecule has 0 saturated carbocycles. The number of piperidine rings is 1. The Morgan fingerprint density at radius 2 is 1.82 bits per heavy atom. The highest BCUT2D eigenvalue weighted by Gasteiger charge is 2.23. The minimum Gasteiger partial charge on any atom is -0.454 e. The Labute approximate surface area is 169 Å². The third-order valence-electron chi connectivity index (χ3n) is 5.70. The first-order chi connectivity index (χ1) is 13.3. The maximum absolute atomic E-state index is 12.4. The summed E-state index contributed by atoms with van der Waals surface area (Å²) in [7, 11) is 0. The number of para-hydroxylation sites is 2. The van der Waals surface area contributed by atoms with E-state index in [9.17, 15) is 4.79 Å². The summed E-state index contributed by atoms with van der Waals surface area (Å²) < 4.78 is 12.8. The first-order valence-corrected chi connectivity index (χ1v) is 9.58. The van der Waals surface area contributed by atoms with Crippen molar-refractivity contribution in [2.45, 2.75) is 25.3 Å². The topological polar surface area (TPSA) is 59.5 Å². The molecule has 0 atom stereocenters. The van der Waals surface area contributed by atoms with Gasteiger partial charge in [0.05, 0.1) is 11.0 Å². The number of fused-ring (bicyclic) bond motifs is 2.